The van der Waals surface area contributed by atoms with Gasteiger partial charge in [-0.2, -0.15) is 4.31 Å². The second-order valence-electron chi connectivity index (χ2n) is 5.79. The molecule has 1 saturated heterocycles. The van der Waals surface area contributed by atoms with E-state index in [1.807, 2.05) is 6.92 Å². The Bertz CT molecular complexity index is 319. The Kier molecular flexibility index (Phi) is 4.37. The van der Waals surface area contributed by atoms with Crippen LogP contribution in [-0.2, 0) is 10.0 Å². The van der Waals surface area contributed by atoms with Crippen LogP contribution in [0.15, 0.2) is 0 Å². The predicted octanol–water partition coefficient (Wildman–Crippen LogP) is 1.05. The number of nitrogens with one attached hydrogen (secondary N) is 1. The Morgan fingerprint density at radius 1 is 1.38 bits per heavy atom. The van der Waals surface area contributed by atoms with E-state index in [-0.39, 0.29) is 17.2 Å². The number of sulfonamides is 1. The molecule has 1 atom stereocenters. The van der Waals surface area contributed by atoms with Crippen molar-refractivity contribution in [3.05, 3.63) is 0 Å². The summed E-state index contributed by atoms with van der Waals surface area (Å²) in [5.74, 6) is 0.265. The summed E-state index contributed by atoms with van der Waals surface area (Å²) in [7, 11) is -3.07. The van der Waals surface area contributed by atoms with Crippen molar-refractivity contribution in [2.75, 3.05) is 25.4 Å². The Hall–Kier alpha value is -0.130. The minimum atomic E-state index is -3.07. The van der Waals surface area contributed by atoms with Crippen molar-refractivity contribution in [3.8, 4) is 0 Å². The summed E-state index contributed by atoms with van der Waals surface area (Å²) in [5, 5.41) is 3.20. The van der Waals surface area contributed by atoms with Crippen LogP contribution in [0, 0.1) is 5.41 Å². The fraction of sp³-hybridized carbons (Fsp3) is 1.00. The van der Waals surface area contributed by atoms with Crippen molar-refractivity contribution in [1.29, 1.82) is 0 Å². The van der Waals surface area contributed by atoms with Crippen molar-refractivity contribution in [2.24, 2.45) is 5.41 Å². The molecule has 0 saturated carbocycles. The van der Waals surface area contributed by atoms with Gasteiger partial charge < -0.3 is 5.32 Å². The van der Waals surface area contributed by atoms with Gasteiger partial charge in [0.1, 0.15) is 0 Å². The van der Waals surface area contributed by atoms with Gasteiger partial charge in [0.15, 0.2) is 0 Å². The summed E-state index contributed by atoms with van der Waals surface area (Å²) in [6.45, 7) is 10.3. The molecule has 0 bridgehead atoms. The number of rotatable bonds is 3. The summed E-state index contributed by atoms with van der Waals surface area (Å²) in [6.07, 6.45) is 0.714. The smallest absolute Gasteiger partial charge is 0.214 e. The van der Waals surface area contributed by atoms with E-state index >= 15 is 0 Å². The van der Waals surface area contributed by atoms with Crippen LogP contribution in [0.3, 0.4) is 0 Å². The van der Waals surface area contributed by atoms with Crippen LogP contribution in [-0.4, -0.2) is 44.2 Å². The highest BCUT2D eigenvalue weighted by molar-refractivity contribution is 7.89. The molecule has 0 aromatic carbocycles. The zero-order valence-electron chi connectivity index (χ0n) is 10.8. The van der Waals surface area contributed by atoms with E-state index in [0.717, 1.165) is 13.1 Å². The van der Waals surface area contributed by atoms with Crippen LogP contribution in [0.25, 0.3) is 0 Å². The van der Waals surface area contributed by atoms with Crippen molar-refractivity contribution in [2.45, 2.75) is 40.2 Å². The topological polar surface area (TPSA) is 49.4 Å². The second kappa shape index (κ2) is 5.02. The van der Waals surface area contributed by atoms with E-state index < -0.39 is 10.0 Å². The Morgan fingerprint density at radius 3 is 2.50 bits per heavy atom. The van der Waals surface area contributed by atoms with E-state index in [2.05, 4.69) is 26.1 Å². The monoisotopic (exact) mass is 248 g/mol. The van der Waals surface area contributed by atoms with Gasteiger partial charge in [0.2, 0.25) is 10.0 Å². The first-order valence-corrected chi connectivity index (χ1v) is 7.53. The third-order valence-electron chi connectivity index (χ3n) is 2.91. The second-order valence-corrected chi connectivity index (χ2v) is 7.83. The molecule has 16 heavy (non-hydrogen) atoms. The van der Waals surface area contributed by atoms with Gasteiger partial charge in [-0.25, -0.2) is 8.42 Å². The highest BCUT2D eigenvalue weighted by Crippen LogP contribution is 2.21. The lowest BCUT2D eigenvalue weighted by atomic mass is 9.94. The normalized spacial score (nSPS) is 24.6. The molecule has 4 nitrogen and oxygen atoms in total. The molecule has 0 aromatic heterocycles. The molecule has 0 amide bonds. The first-order valence-electron chi connectivity index (χ1n) is 5.93. The fourth-order valence-electron chi connectivity index (χ4n) is 1.79. The SMILES string of the molecule is C[C@@H]1CNCCN1S(=O)(=O)CCC(C)(C)C. The van der Waals surface area contributed by atoms with Crippen LogP contribution in [0.5, 0.6) is 0 Å². The molecule has 1 aliphatic rings. The standard InChI is InChI=1S/C11H24N2O2S/c1-10-9-12-6-7-13(10)16(14,15)8-5-11(2,3)4/h10,12H,5-9H2,1-4H3/t10-/m1/s1. The van der Waals surface area contributed by atoms with Gasteiger partial charge in [-0.1, -0.05) is 20.8 Å². The first-order chi connectivity index (χ1) is 7.22. The van der Waals surface area contributed by atoms with Crippen LogP contribution >= 0.6 is 0 Å². The van der Waals surface area contributed by atoms with Crippen LogP contribution < -0.4 is 5.32 Å². The lowest BCUT2D eigenvalue weighted by Crippen LogP contribution is -2.52. The predicted molar refractivity (Wildman–Crippen MR) is 66.9 cm³/mol. The number of hydrogen-bond acceptors (Lipinski definition) is 3. The fourth-order valence-corrected chi connectivity index (χ4v) is 3.89. The van der Waals surface area contributed by atoms with Gasteiger partial charge in [0.25, 0.3) is 0 Å². The third kappa shape index (κ3) is 4.03. The third-order valence-corrected chi connectivity index (χ3v) is 4.88. The zero-order valence-corrected chi connectivity index (χ0v) is 11.6. The molecule has 1 rings (SSSR count). The van der Waals surface area contributed by atoms with Gasteiger partial charge in [-0.3, -0.25) is 0 Å². The molecule has 0 aliphatic carbocycles. The van der Waals surface area contributed by atoms with Crippen molar-refractivity contribution < 1.29 is 8.42 Å². The first kappa shape index (κ1) is 13.9. The number of nitrogens with zero attached hydrogens (tertiary/aromatic N) is 1. The van der Waals surface area contributed by atoms with Gasteiger partial charge in [-0.15, -0.1) is 0 Å². The van der Waals surface area contributed by atoms with E-state index in [1.54, 1.807) is 4.31 Å². The average molecular weight is 248 g/mol. The largest absolute Gasteiger partial charge is 0.314 e. The summed E-state index contributed by atoms with van der Waals surface area (Å²) in [4.78, 5) is 0. The summed E-state index contributed by atoms with van der Waals surface area (Å²) < 4.78 is 25.9. The molecular formula is C11H24N2O2S. The van der Waals surface area contributed by atoms with E-state index in [1.165, 1.54) is 0 Å². The molecule has 0 radical (unpaired) electrons. The van der Waals surface area contributed by atoms with Crippen molar-refractivity contribution in [1.82, 2.24) is 9.62 Å². The molecule has 1 heterocycles. The molecule has 0 unspecified atom stereocenters. The summed E-state index contributed by atoms with van der Waals surface area (Å²) >= 11 is 0. The average Bonchev–Trinajstić information content (AvgIpc) is 2.14. The molecule has 5 heteroatoms. The molecule has 1 N–H and O–H groups in total. The molecule has 0 spiro atoms. The lowest BCUT2D eigenvalue weighted by molar-refractivity contribution is 0.281. The summed E-state index contributed by atoms with van der Waals surface area (Å²) in [6, 6.07) is 0.0821. The van der Waals surface area contributed by atoms with Crippen LogP contribution in [0.2, 0.25) is 0 Å². The Labute approximate surface area is 99.5 Å². The number of piperazine rings is 1. The maximum atomic E-state index is 12.1. The molecule has 1 fully saturated rings. The van der Waals surface area contributed by atoms with Gasteiger partial charge in [-0.05, 0) is 18.8 Å². The van der Waals surface area contributed by atoms with E-state index in [0.29, 0.717) is 13.0 Å². The Balaban J connectivity index is 2.62. The lowest BCUT2D eigenvalue weighted by Gasteiger charge is -2.33. The minimum absolute atomic E-state index is 0.0738. The van der Waals surface area contributed by atoms with Crippen molar-refractivity contribution >= 4 is 10.0 Å². The van der Waals surface area contributed by atoms with Gasteiger partial charge in [0.05, 0.1) is 5.75 Å². The van der Waals surface area contributed by atoms with E-state index in [9.17, 15) is 8.42 Å². The highest BCUT2D eigenvalue weighted by atomic mass is 32.2. The highest BCUT2D eigenvalue weighted by Gasteiger charge is 2.30. The molecule has 0 aromatic rings. The molecular weight excluding hydrogens is 224 g/mol. The maximum Gasteiger partial charge on any atom is 0.214 e. The van der Waals surface area contributed by atoms with Gasteiger partial charge >= 0.3 is 0 Å². The van der Waals surface area contributed by atoms with Gasteiger partial charge in [0, 0.05) is 25.7 Å². The minimum Gasteiger partial charge on any atom is -0.314 e. The van der Waals surface area contributed by atoms with Crippen molar-refractivity contribution in [3.63, 3.8) is 0 Å². The van der Waals surface area contributed by atoms with E-state index in [4.69, 9.17) is 0 Å². The summed E-state index contributed by atoms with van der Waals surface area (Å²) in [5.41, 5.74) is 0.0738. The van der Waals surface area contributed by atoms with Crippen LogP contribution in [0.4, 0.5) is 0 Å². The molecule has 96 valence electrons. The molecule has 1 aliphatic heterocycles. The maximum absolute atomic E-state index is 12.1. The zero-order chi connectivity index (χ0) is 12.4. The number of hydrogen-bond donors (Lipinski definition) is 1. The van der Waals surface area contributed by atoms with Crippen LogP contribution in [0.1, 0.15) is 34.1 Å². The quantitative estimate of drug-likeness (QED) is 0.812. The Morgan fingerprint density at radius 2 is 2.00 bits per heavy atom.